The third-order valence-corrected chi connectivity index (χ3v) is 4.73. The van der Waals surface area contributed by atoms with Crippen LogP contribution in [0.5, 0.6) is 0 Å². The Labute approximate surface area is 160 Å². The standard InChI is InChI=1S/C18H22N6O2S/c1-3-4-5-14-22-12(2)10-15(23-14)19-6-7-20-16(25)13-11-21-18-24(17(13)26)8-9-27-18/h8-11H,3-7H2,1-2H3,(H,20,25)(H,19,22,23). The van der Waals surface area contributed by atoms with Gasteiger partial charge in [0, 0.05) is 49.0 Å². The van der Waals surface area contributed by atoms with Crippen molar-refractivity contribution in [2.75, 3.05) is 18.4 Å². The van der Waals surface area contributed by atoms with Crippen LogP contribution in [0.25, 0.3) is 4.96 Å². The van der Waals surface area contributed by atoms with Crippen molar-refractivity contribution in [1.29, 1.82) is 0 Å². The topological polar surface area (TPSA) is 101 Å². The van der Waals surface area contributed by atoms with Gasteiger partial charge in [0.2, 0.25) is 0 Å². The summed E-state index contributed by atoms with van der Waals surface area (Å²) in [6, 6.07) is 1.87. The number of carbonyl (C=O) groups is 1. The van der Waals surface area contributed by atoms with E-state index in [1.807, 2.05) is 13.0 Å². The molecule has 8 nitrogen and oxygen atoms in total. The summed E-state index contributed by atoms with van der Waals surface area (Å²) in [5, 5.41) is 7.68. The number of anilines is 1. The average molecular weight is 386 g/mol. The van der Waals surface area contributed by atoms with Crippen LogP contribution in [-0.4, -0.2) is 38.3 Å². The molecule has 0 aliphatic heterocycles. The number of rotatable bonds is 8. The molecule has 3 heterocycles. The summed E-state index contributed by atoms with van der Waals surface area (Å²) in [5.74, 6) is 1.13. The molecule has 0 saturated heterocycles. The van der Waals surface area contributed by atoms with Crippen molar-refractivity contribution in [3.8, 4) is 0 Å². The van der Waals surface area contributed by atoms with Crippen molar-refractivity contribution >= 4 is 28.0 Å². The lowest BCUT2D eigenvalue weighted by Crippen LogP contribution is -2.34. The molecular weight excluding hydrogens is 364 g/mol. The van der Waals surface area contributed by atoms with Crippen LogP contribution in [-0.2, 0) is 6.42 Å². The lowest BCUT2D eigenvalue weighted by atomic mass is 10.2. The fraction of sp³-hybridized carbons (Fsp3) is 0.389. The Morgan fingerprint density at radius 2 is 2.15 bits per heavy atom. The smallest absolute Gasteiger partial charge is 0.271 e. The van der Waals surface area contributed by atoms with E-state index in [0.29, 0.717) is 18.1 Å². The summed E-state index contributed by atoms with van der Waals surface area (Å²) >= 11 is 1.35. The van der Waals surface area contributed by atoms with Crippen LogP contribution in [0.1, 0.15) is 41.6 Å². The van der Waals surface area contributed by atoms with Gasteiger partial charge in [0.15, 0.2) is 4.96 Å². The molecule has 0 aromatic carbocycles. The van der Waals surface area contributed by atoms with Gasteiger partial charge in [-0.15, -0.1) is 11.3 Å². The molecule has 0 spiro atoms. The number of hydrogen-bond acceptors (Lipinski definition) is 7. The highest BCUT2D eigenvalue weighted by molar-refractivity contribution is 7.15. The number of unbranched alkanes of at least 4 members (excludes halogenated alkanes) is 1. The molecule has 0 saturated carbocycles. The highest BCUT2D eigenvalue weighted by atomic mass is 32.1. The number of aromatic nitrogens is 4. The SMILES string of the molecule is CCCCc1nc(C)cc(NCCNC(=O)c2cnc3sccn3c2=O)n1. The maximum atomic E-state index is 12.3. The zero-order valence-corrected chi connectivity index (χ0v) is 16.2. The molecule has 0 unspecified atom stereocenters. The van der Waals surface area contributed by atoms with Gasteiger partial charge >= 0.3 is 0 Å². The summed E-state index contributed by atoms with van der Waals surface area (Å²) in [7, 11) is 0. The van der Waals surface area contributed by atoms with Crippen LogP contribution in [0.2, 0.25) is 0 Å². The van der Waals surface area contributed by atoms with Crippen molar-refractivity contribution < 1.29 is 4.79 Å². The van der Waals surface area contributed by atoms with Crippen LogP contribution in [0, 0.1) is 6.92 Å². The number of amides is 1. The summed E-state index contributed by atoms with van der Waals surface area (Å²) in [4.78, 5) is 38.2. The molecule has 0 aliphatic carbocycles. The van der Waals surface area contributed by atoms with Crippen molar-refractivity contribution in [3.05, 3.63) is 51.3 Å². The van der Waals surface area contributed by atoms with E-state index in [2.05, 4.69) is 32.5 Å². The fourth-order valence-electron chi connectivity index (χ4n) is 2.61. The quantitative estimate of drug-likeness (QED) is 0.575. The largest absolute Gasteiger partial charge is 0.368 e. The maximum Gasteiger partial charge on any atom is 0.271 e. The first-order valence-electron chi connectivity index (χ1n) is 8.90. The molecule has 0 fully saturated rings. The second-order valence-corrected chi connectivity index (χ2v) is 7.00. The lowest BCUT2D eigenvalue weighted by Gasteiger charge is -2.09. The zero-order chi connectivity index (χ0) is 19.2. The normalized spacial score (nSPS) is 10.9. The van der Waals surface area contributed by atoms with Crippen LogP contribution in [0.3, 0.4) is 0 Å². The Balaban J connectivity index is 1.55. The van der Waals surface area contributed by atoms with E-state index < -0.39 is 5.91 Å². The minimum atomic E-state index is -0.433. The van der Waals surface area contributed by atoms with Crippen LogP contribution in [0.4, 0.5) is 5.82 Å². The third-order valence-electron chi connectivity index (χ3n) is 3.96. The summed E-state index contributed by atoms with van der Waals surface area (Å²) in [6.07, 6.45) is 5.94. The van der Waals surface area contributed by atoms with Crippen LogP contribution < -0.4 is 16.2 Å². The Morgan fingerprint density at radius 3 is 2.96 bits per heavy atom. The van der Waals surface area contributed by atoms with Gasteiger partial charge < -0.3 is 10.6 Å². The summed E-state index contributed by atoms with van der Waals surface area (Å²) in [5.41, 5.74) is 0.579. The van der Waals surface area contributed by atoms with E-state index in [4.69, 9.17) is 0 Å². The van der Waals surface area contributed by atoms with Gasteiger partial charge in [0.25, 0.3) is 11.5 Å². The monoisotopic (exact) mass is 386 g/mol. The van der Waals surface area contributed by atoms with Gasteiger partial charge in [-0.25, -0.2) is 15.0 Å². The van der Waals surface area contributed by atoms with Gasteiger partial charge in [-0.1, -0.05) is 13.3 Å². The average Bonchev–Trinajstić information content (AvgIpc) is 3.13. The van der Waals surface area contributed by atoms with E-state index in [0.717, 1.165) is 36.6 Å². The number of aryl methyl sites for hydroxylation is 2. The fourth-order valence-corrected chi connectivity index (χ4v) is 3.28. The molecule has 0 bridgehead atoms. The number of thiazole rings is 1. The molecular formula is C18H22N6O2S. The molecule has 3 aromatic rings. The highest BCUT2D eigenvalue weighted by Crippen LogP contribution is 2.08. The van der Waals surface area contributed by atoms with Gasteiger partial charge in [0.1, 0.15) is 17.2 Å². The van der Waals surface area contributed by atoms with Gasteiger partial charge in [-0.3, -0.25) is 14.0 Å². The number of hydrogen-bond donors (Lipinski definition) is 2. The summed E-state index contributed by atoms with van der Waals surface area (Å²) in [6.45, 7) is 4.92. The molecule has 3 aromatic heterocycles. The molecule has 0 aliphatic rings. The molecule has 142 valence electrons. The van der Waals surface area contributed by atoms with E-state index in [1.165, 1.54) is 21.9 Å². The van der Waals surface area contributed by atoms with Crippen molar-refractivity contribution in [2.45, 2.75) is 33.1 Å². The van der Waals surface area contributed by atoms with Gasteiger partial charge in [-0.05, 0) is 13.3 Å². The molecule has 0 atom stereocenters. The first-order valence-corrected chi connectivity index (χ1v) is 9.78. The van der Waals surface area contributed by atoms with Gasteiger partial charge in [-0.2, -0.15) is 0 Å². The minimum absolute atomic E-state index is 0.0330. The minimum Gasteiger partial charge on any atom is -0.368 e. The predicted octanol–water partition coefficient (Wildman–Crippen LogP) is 2.04. The van der Waals surface area contributed by atoms with Crippen molar-refractivity contribution in [3.63, 3.8) is 0 Å². The molecule has 9 heteroatoms. The number of nitrogens with zero attached hydrogens (tertiary/aromatic N) is 4. The Kier molecular flexibility index (Phi) is 6.12. The second-order valence-electron chi connectivity index (χ2n) is 6.13. The highest BCUT2D eigenvalue weighted by Gasteiger charge is 2.13. The molecule has 1 amide bonds. The third kappa shape index (κ3) is 4.68. The zero-order valence-electron chi connectivity index (χ0n) is 15.4. The van der Waals surface area contributed by atoms with Crippen molar-refractivity contribution in [2.24, 2.45) is 0 Å². The van der Waals surface area contributed by atoms with Gasteiger partial charge in [0.05, 0.1) is 0 Å². The molecule has 2 N–H and O–H groups in total. The Morgan fingerprint density at radius 1 is 1.30 bits per heavy atom. The van der Waals surface area contributed by atoms with E-state index in [9.17, 15) is 9.59 Å². The second kappa shape index (κ2) is 8.72. The Hall–Kier alpha value is -2.81. The number of fused-ring (bicyclic) bond motifs is 1. The number of nitrogens with one attached hydrogen (secondary N) is 2. The van der Waals surface area contributed by atoms with Crippen molar-refractivity contribution in [1.82, 2.24) is 24.7 Å². The molecule has 27 heavy (non-hydrogen) atoms. The van der Waals surface area contributed by atoms with E-state index >= 15 is 0 Å². The lowest BCUT2D eigenvalue weighted by molar-refractivity contribution is 0.0953. The first-order chi connectivity index (χ1) is 13.1. The summed E-state index contributed by atoms with van der Waals surface area (Å²) < 4.78 is 1.37. The predicted molar refractivity (Wildman–Crippen MR) is 106 cm³/mol. The Bertz CT molecular complexity index is 997. The molecule has 3 rings (SSSR count). The maximum absolute atomic E-state index is 12.3. The first kappa shape index (κ1) is 19.0. The molecule has 0 radical (unpaired) electrons. The van der Waals surface area contributed by atoms with E-state index in [1.54, 1.807) is 11.6 Å². The van der Waals surface area contributed by atoms with Crippen LogP contribution >= 0.6 is 11.3 Å². The van der Waals surface area contributed by atoms with E-state index in [-0.39, 0.29) is 11.1 Å². The van der Waals surface area contributed by atoms with Crippen LogP contribution in [0.15, 0.2) is 28.6 Å². The number of carbonyl (C=O) groups excluding carboxylic acids is 1.